The summed E-state index contributed by atoms with van der Waals surface area (Å²) in [4.78, 5) is 23.3. The fourth-order valence-electron chi connectivity index (χ4n) is 9.96. The second kappa shape index (κ2) is 57.4. The van der Waals surface area contributed by atoms with Crippen molar-refractivity contribution in [1.29, 1.82) is 0 Å². The summed E-state index contributed by atoms with van der Waals surface area (Å²) in [5.41, 5.74) is 0. The first kappa shape index (κ1) is 73.7. The molecular weight excluding hydrogens is 948 g/mol. The molecule has 0 spiro atoms. The average Bonchev–Trinajstić information content (AvgIpc) is 3.37. The van der Waals surface area contributed by atoms with Crippen LogP contribution in [-0.4, -0.2) is 73.4 Å². The molecule has 0 rings (SSSR count). The summed E-state index contributed by atoms with van der Waals surface area (Å²) in [5, 5.41) is 13.9. The van der Waals surface area contributed by atoms with Crippen LogP contribution in [0.4, 0.5) is 0 Å². The van der Waals surface area contributed by atoms with Gasteiger partial charge in [-0.05, 0) is 44.9 Å². The van der Waals surface area contributed by atoms with Crippen molar-refractivity contribution >= 4 is 13.7 Å². The van der Waals surface area contributed by atoms with Gasteiger partial charge in [-0.3, -0.25) is 13.8 Å². The largest absolute Gasteiger partial charge is 0.472 e. The van der Waals surface area contributed by atoms with Gasteiger partial charge < -0.3 is 19.8 Å². The van der Waals surface area contributed by atoms with E-state index in [9.17, 15) is 19.4 Å². The van der Waals surface area contributed by atoms with Gasteiger partial charge in [0.25, 0.3) is 0 Å². The van der Waals surface area contributed by atoms with Gasteiger partial charge in [-0.1, -0.05) is 314 Å². The predicted octanol–water partition coefficient (Wildman–Crippen LogP) is 20.5. The van der Waals surface area contributed by atoms with Crippen molar-refractivity contribution in [2.75, 3.05) is 40.9 Å². The number of hydrogen-bond acceptors (Lipinski definition) is 5. The number of hydrogen-bond donors (Lipinski definition) is 3. The summed E-state index contributed by atoms with van der Waals surface area (Å²) in [7, 11) is 1.56. The number of phosphoric acid groups is 1. The standard InChI is InChI=1S/C66H129N2O6P/c1-6-8-10-12-14-16-18-20-22-24-26-27-28-29-30-31-32-33-34-35-36-37-38-39-40-41-42-44-46-48-50-52-54-56-58-60-66(70)67-64(63-74-75(71,72)73-62-61-68(3,4)5)65(69)59-57-55-53-51-49-47-45-43-25-23-21-19-17-15-13-11-9-7-2/h25,43,49,51,57,59,64-65,69H,6-24,26-42,44-48,50,52-56,58,60-63H2,1-5H3,(H-,67,70,71,72)/p+1/b43-25+,51-49+,59-57+. The molecule has 3 unspecified atom stereocenters. The second-order valence-electron chi connectivity index (χ2n) is 23.8. The first-order valence-corrected chi connectivity index (χ1v) is 34.4. The molecule has 9 heteroatoms. The molecule has 0 aromatic heterocycles. The summed E-state index contributed by atoms with van der Waals surface area (Å²) in [5.74, 6) is -0.185. The number of aliphatic hydroxyl groups excluding tert-OH is 1. The van der Waals surface area contributed by atoms with E-state index in [1.54, 1.807) is 6.08 Å². The molecule has 0 saturated carbocycles. The maximum absolute atomic E-state index is 13.0. The topological polar surface area (TPSA) is 105 Å². The Balaban J connectivity index is 4.00. The molecule has 3 N–H and O–H groups in total. The van der Waals surface area contributed by atoms with Crippen LogP contribution in [0, 0.1) is 0 Å². The van der Waals surface area contributed by atoms with E-state index in [1.807, 2.05) is 27.2 Å². The number of unbranched alkanes of at least 4 members (excludes halogenated alkanes) is 44. The van der Waals surface area contributed by atoms with Gasteiger partial charge >= 0.3 is 7.82 Å². The molecule has 3 atom stereocenters. The van der Waals surface area contributed by atoms with Crippen molar-refractivity contribution in [3.05, 3.63) is 36.5 Å². The quantitative estimate of drug-likeness (QED) is 0.0243. The van der Waals surface area contributed by atoms with E-state index in [0.717, 1.165) is 44.9 Å². The zero-order chi connectivity index (χ0) is 54.9. The molecule has 0 aromatic carbocycles. The summed E-state index contributed by atoms with van der Waals surface area (Å²) >= 11 is 0. The van der Waals surface area contributed by atoms with Gasteiger partial charge in [0.15, 0.2) is 0 Å². The van der Waals surface area contributed by atoms with E-state index < -0.39 is 20.0 Å². The summed E-state index contributed by atoms with van der Waals surface area (Å²) < 4.78 is 23.7. The molecule has 0 heterocycles. The van der Waals surface area contributed by atoms with E-state index in [4.69, 9.17) is 9.05 Å². The fraction of sp³-hybridized carbons (Fsp3) is 0.894. The lowest BCUT2D eigenvalue weighted by molar-refractivity contribution is -0.870. The second-order valence-corrected chi connectivity index (χ2v) is 25.3. The molecule has 0 bridgehead atoms. The van der Waals surface area contributed by atoms with E-state index in [-0.39, 0.29) is 19.1 Å². The van der Waals surface area contributed by atoms with Crippen LogP contribution in [0.1, 0.15) is 328 Å². The number of carbonyl (C=O) groups is 1. The molecule has 0 radical (unpaired) electrons. The number of allylic oxidation sites excluding steroid dienone is 5. The third-order valence-corrected chi connectivity index (χ3v) is 16.1. The van der Waals surface area contributed by atoms with E-state index >= 15 is 0 Å². The van der Waals surface area contributed by atoms with Crippen LogP contribution >= 0.6 is 7.82 Å². The van der Waals surface area contributed by atoms with Gasteiger partial charge in [-0.15, -0.1) is 0 Å². The maximum Gasteiger partial charge on any atom is 0.472 e. The SMILES string of the molecule is CCCCCCCCCC/C=C/CC/C=C/CC/C=C/C(O)C(COP(=O)(O)OCC[N+](C)(C)C)NC(=O)CCCCCCCCCCCCCCCCCCCCCCCCCCCCCCCCCCCCC. The van der Waals surface area contributed by atoms with Crippen molar-refractivity contribution in [2.24, 2.45) is 0 Å². The van der Waals surface area contributed by atoms with Gasteiger partial charge in [-0.25, -0.2) is 4.57 Å². The minimum atomic E-state index is -4.36. The van der Waals surface area contributed by atoms with Crippen LogP contribution in [0.2, 0.25) is 0 Å². The molecule has 0 aliphatic heterocycles. The van der Waals surface area contributed by atoms with Gasteiger partial charge in [-0.2, -0.15) is 0 Å². The first-order chi connectivity index (χ1) is 36.5. The Morgan fingerprint density at radius 3 is 1.07 bits per heavy atom. The number of nitrogens with one attached hydrogen (secondary N) is 1. The van der Waals surface area contributed by atoms with Gasteiger partial charge in [0, 0.05) is 6.42 Å². The van der Waals surface area contributed by atoms with Crippen molar-refractivity contribution < 1.29 is 32.9 Å². The van der Waals surface area contributed by atoms with Crippen molar-refractivity contribution in [1.82, 2.24) is 5.32 Å². The zero-order valence-electron chi connectivity index (χ0n) is 50.8. The number of carbonyl (C=O) groups excluding carboxylic acids is 1. The highest BCUT2D eigenvalue weighted by atomic mass is 31.2. The van der Waals surface area contributed by atoms with E-state index in [0.29, 0.717) is 17.4 Å². The Bertz CT molecular complexity index is 1320. The lowest BCUT2D eigenvalue weighted by Crippen LogP contribution is -2.45. The van der Waals surface area contributed by atoms with Crippen molar-refractivity contribution in [2.45, 2.75) is 341 Å². The number of phosphoric ester groups is 1. The molecule has 0 aromatic rings. The molecule has 444 valence electrons. The van der Waals surface area contributed by atoms with Crippen LogP contribution in [0.15, 0.2) is 36.5 Å². The average molecular weight is 1080 g/mol. The highest BCUT2D eigenvalue weighted by molar-refractivity contribution is 7.47. The number of amides is 1. The van der Waals surface area contributed by atoms with Crippen molar-refractivity contribution in [3.8, 4) is 0 Å². The number of likely N-dealkylation sites (N-methyl/N-ethyl adjacent to an activating group) is 1. The van der Waals surface area contributed by atoms with Crippen LogP contribution in [0.25, 0.3) is 0 Å². The summed E-state index contributed by atoms with van der Waals surface area (Å²) in [6.07, 6.45) is 75.8. The van der Waals surface area contributed by atoms with Crippen LogP contribution in [-0.2, 0) is 18.4 Å². The fourth-order valence-corrected chi connectivity index (χ4v) is 10.7. The summed E-state index contributed by atoms with van der Waals surface area (Å²) in [6.45, 7) is 4.83. The molecule has 0 aliphatic carbocycles. The summed E-state index contributed by atoms with van der Waals surface area (Å²) in [6, 6.07) is -0.868. The predicted molar refractivity (Wildman–Crippen MR) is 328 cm³/mol. The Morgan fingerprint density at radius 1 is 0.440 bits per heavy atom. The first-order valence-electron chi connectivity index (χ1n) is 32.9. The smallest absolute Gasteiger partial charge is 0.387 e. The molecule has 0 fully saturated rings. The van der Waals surface area contributed by atoms with Crippen molar-refractivity contribution in [3.63, 3.8) is 0 Å². The Hall–Kier alpha value is -1.28. The molecule has 8 nitrogen and oxygen atoms in total. The lowest BCUT2D eigenvalue weighted by Gasteiger charge is -2.25. The highest BCUT2D eigenvalue weighted by Crippen LogP contribution is 2.43. The molecular formula is C66H130N2O6P+. The zero-order valence-corrected chi connectivity index (χ0v) is 51.7. The Kier molecular flexibility index (Phi) is 56.4. The third kappa shape index (κ3) is 60.2. The number of rotatable bonds is 61. The van der Waals surface area contributed by atoms with E-state index in [1.165, 1.54) is 263 Å². The minimum absolute atomic E-state index is 0.0552. The highest BCUT2D eigenvalue weighted by Gasteiger charge is 2.28. The number of aliphatic hydroxyl groups is 1. The maximum atomic E-state index is 13.0. The van der Waals surface area contributed by atoms with E-state index in [2.05, 4.69) is 43.5 Å². The van der Waals surface area contributed by atoms with Gasteiger partial charge in [0.1, 0.15) is 13.2 Å². The minimum Gasteiger partial charge on any atom is -0.387 e. The molecule has 0 aliphatic rings. The van der Waals surface area contributed by atoms with Gasteiger partial charge in [0.2, 0.25) is 5.91 Å². The third-order valence-electron chi connectivity index (χ3n) is 15.1. The number of quaternary nitrogens is 1. The van der Waals surface area contributed by atoms with Crippen LogP contribution < -0.4 is 5.32 Å². The van der Waals surface area contributed by atoms with Crippen LogP contribution in [0.3, 0.4) is 0 Å². The molecule has 1 amide bonds. The lowest BCUT2D eigenvalue weighted by atomic mass is 10.0. The molecule has 75 heavy (non-hydrogen) atoms. The molecule has 0 saturated heterocycles. The normalized spacial score (nSPS) is 14.0. The van der Waals surface area contributed by atoms with Crippen LogP contribution in [0.5, 0.6) is 0 Å². The van der Waals surface area contributed by atoms with Gasteiger partial charge in [0.05, 0.1) is 39.9 Å². The number of nitrogens with zero attached hydrogens (tertiary/aromatic N) is 1. The Morgan fingerprint density at radius 2 is 0.733 bits per heavy atom. The monoisotopic (exact) mass is 1080 g/mol. The Labute approximate surface area is 467 Å².